The summed E-state index contributed by atoms with van der Waals surface area (Å²) in [5.41, 5.74) is 0.240. The Labute approximate surface area is 222 Å². The highest BCUT2D eigenvalue weighted by Gasteiger charge is 2.28. The molecule has 12 nitrogen and oxygen atoms in total. The van der Waals surface area contributed by atoms with E-state index in [2.05, 4.69) is 26.2 Å². The highest BCUT2D eigenvalue weighted by Crippen LogP contribution is 2.09. The molecule has 1 heterocycles. The molecular formula is C24H39N7O5S. The maximum Gasteiger partial charge on any atom is 0.273 e. The van der Waals surface area contributed by atoms with Crippen LogP contribution < -0.4 is 15.4 Å². The van der Waals surface area contributed by atoms with Gasteiger partial charge in [-0.25, -0.2) is 0 Å². The molecule has 1 atom stereocenters. The van der Waals surface area contributed by atoms with Gasteiger partial charge in [-0.1, -0.05) is 12.8 Å². The van der Waals surface area contributed by atoms with E-state index in [1.165, 1.54) is 23.0 Å². The van der Waals surface area contributed by atoms with Crippen molar-refractivity contribution in [2.75, 3.05) is 54.4 Å². The van der Waals surface area contributed by atoms with E-state index in [4.69, 9.17) is 0 Å². The van der Waals surface area contributed by atoms with Crippen LogP contribution in [0.2, 0.25) is 0 Å². The predicted octanol–water partition coefficient (Wildman–Crippen LogP) is -0.493. The average Bonchev–Trinajstić information content (AvgIpc) is 2.87. The smallest absolute Gasteiger partial charge is 0.273 e. The van der Waals surface area contributed by atoms with Crippen LogP contribution >= 0.6 is 11.5 Å². The Bertz CT molecular complexity index is 973. The van der Waals surface area contributed by atoms with Crippen molar-refractivity contribution in [1.82, 2.24) is 35.0 Å². The molecule has 0 aliphatic rings. The lowest BCUT2D eigenvalue weighted by atomic mass is 10.1. The summed E-state index contributed by atoms with van der Waals surface area (Å²) >= 11 is 0.406. The Morgan fingerprint density at radius 1 is 1.05 bits per heavy atom. The number of likely N-dealkylation sites (N-methyl/N-ethyl adjacent to an activating group) is 2. The predicted molar refractivity (Wildman–Crippen MR) is 145 cm³/mol. The van der Waals surface area contributed by atoms with Gasteiger partial charge in [0.15, 0.2) is 0 Å². The molecule has 0 spiro atoms. The lowest BCUT2D eigenvalue weighted by Gasteiger charge is -2.26. The first-order valence-corrected chi connectivity index (χ1v) is 13.0. The first-order chi connectivity index (χ1) is 17.5. The fourth-order valence-electron chi connectivity index (χ4n) is 3.31. The number of carbonyl (C=O) groups is 5. The molecule has 1 aromatic rings. The lowest BCUT2D eigenvalue weighted by Crippen LogP contribution is -2.49. The largest absolute Gasteiger partial charge is 0.354 e. The van der Waals surface area contributed by atoms with Crippen molar-refractivity contribution in [3.63, 3.8) is 0 Å². The maximum absolute atomic E-state index is 13.0. The van der Waals surface area contributed by atoms with E-state index < -0.39 is 23.8 Å². The van der Waals surface area contributed by atoms with Crippen molar-refractivity contribution in [1.29, 1.82) is 0 Å². The maximum atomic E-state index is 13.0. The number of hydrogen-bond donors (Lipinski definition) is 4. The molecule has 0 aliphatic heterocycles. The number of pyridine rings is 1. The van der Waals surface area contributed by atoms with E-state index >= 15 is 0 Å². The molecule has 1 rings (SSSR count). The van der Waals surface area contributed by atoms with Gasteiger partial charge in [-0.15, -0.1) is 11.5 Å². The van der Waals surface area contributed by atoms with E-state index in [9.17, 15) is 24.0 Å². The van der Waals surface area contributed by atoms with Crippen molar-refractivity contribution in [3.05, 3.63) is 29.6 Å². The molecular weight excluding hydrogens is 498 g/mol. The summed E-state index contributed by atoms with van der Waals surface area (Å²) in [7, 11) is 6.86. The number of amides is 5. The number of hydrogen-bond acceptors (Lipinski definition) is 7. The molecule has 0 saturated heterocycles. The minimum absolute atomic E-state index is 0.0480. The van der Waals surface area contributed by atoms with E-state index in [1.807, 2.05) is 19.0 Å². The van der Waals surface area contributed by atoms with Crippen molar-refractivity contribution in [2.45, 2.75) is 32.2 Å². The minimum Gasteiger partial charge on any atom is -0.354 e. The molecule has 0 saturated carbocycles. The van der Waals surface area contributed by atoms with Crippen LogP contribution in [0.1, 0.15) is 47.0 Å². The Kier molecular flexibility index (Phi) is 14.1. The molecule has 0 fully saturated rings. The van der Waals surface area contributed by atoms with Gasteiger partial charge in [0.1, 0.15) is 11.7 Å². The molecule has 5 amide bonds. The Hall–Kier alpha value is -3.32. The first-order valence-electron chi connectivity index (χ1n) is 11.9. The normalized spacial score (nSPS) is 11.4. The summed E-state index contributed by atoms with van der Waals surface area (Å²) in [5.74, 6) is 1.61. The van der Waals surface area contributed by atoms with Gasteiger partial charge in [0.05, 0.1) is 12.0 Å². The van der Waals surface area contributed by atoms with Crippen molar-refractivity contribution >= 4 is 46.9 Å². The first kappa shape index (κ1) is 31.7. The third kappa shape index (κ3) is 10.7. The highest BCUT2D eigenvalue weighted by molar-refractivity contribution is 7.95. The fraction of sp³-hybridized carbons (Fsp3) is 0.542. The van der Waals surface area contributed by atoms with Gasteiger partial charge in [0.25, 0.3) is 11.8 Å². The molecule has 13 heteroatoms. The monoisotopic (exact) mass is 537 g/mol. The van der Waals surface area contributed by atoms with Crippen LogP contribution in [-0.4, -0.2) is 116 Å². The zero-order chi connectivity index (χ0) is 28.0. The Morgan fingerprint density at radius 3 is 2.38 bits per heavy atom. The molecule has 0 aliphatic carbocycles. The van der Waals surface area contributed by atoms with Crippen LogP contribution in [0.15, 0.2) is 18.3 Å². The van der Waals surface area contributed by atoms with Gasteiger partial charge in [0, 0.05) is 52.9 Å². The van der Waals surface area contributed by atoms with E-state index in [-0.39, 0.29) is 49.0 Å². The second kappa shape index (κ2) is 16.4. The molecule has 0 aromatic carbocycles. The van der Waals surface area contributed by atoms with Crippen LogP contribution in [0.5, 0.6) is 0 Å². The number of rotatable bonds is 15. The van der Waals surface area contributed by atoms with E-state index in [1.54, 1.807) is 26.1 Å². The lowest BCUT2D eigenvalue weighted by molar-refractivity contribution is -0.140. The Balaban J connectivity index is 2.71. The standard InChI is InChI=1S/C24H39N7O5S/c1-7-20(33)31(5)18(16-19(32)28-37-6)23(35)26-12-9-14-30(4)24(36)21-17(10-8-11-25-21)22(34)27-13-15-29(2)3/h8,10-11,18,37H,6-7,9,12-16H2,1-5H3,(H,26,35)(H,27,34)(H,28,32)/t18-/m0/s1. The van der Waals surface area contributed by atoms with Gasteiger partial charge < -0.3 is 30.1 Å². The molecule has 0 radical (unpaired) electrons. The quantitative estimate of drug-likeness (QED) is 0.134. The van der Waals surface area contributed by atoms with Crippen LogP contribution in [0.3, 0.4) is 0 Å². The number of thiol groups is 1. The van der Waals surface area contributed by atoms with Crippen molar-refractivity contribution < 1.29 is 24.0 Å². The topological polar surface area (TPSA) is 144 Å². The van der Waals surface area contributed by atoms with Gasteiger partial charge in [-0.3, -0.25) is 29.0 Å². The van der Waals surface area contributed by atoms with Gasteiger partial charge in [-0.05, 0) is 32.6 Å². The molecule has 37 heavy (non-hydrogen) atoms. The minimum atomic E-state index is -0.962. The number of carbonyl (C=O) groups excluding carboxylic acids is 5. The van der Waals surface area contributed by atoms with Crippen LogP contribution in [0.25, 0.3) is 0 Å². The fourth-order valence-corrected chi connectivity index (χ4v) is 3.58. The van der Waals surface area contributed by atoms with Crippen molar-refractivity contribution in [2.24, 2.45) is 0 Å². The zero-order valence-corrected chi connectivity index (χ0v) is 23.1. The molecule has 0 bridgehead atoms. The van der Waals surface area contributed by atoms with E-state index in [0.717, 1.165) is 0 Å². The van der Waals surface area contributed by atoms with Gasteiger partial charge in [-0.2, -0.15) is 0 Å². The summed E-state index contributed by atoms with van der Waals surface area (Å²) in [6.07, 6.45) is 1.88. The molecule has 1 aromatic heterocycles. The highest BCUT2D eigenvalue weighted by atomic mass is 32.1. The third-order valence-electron chi connectivity index (χ3n) is 5.46. The third-order valence-corrected chi connectivity index (χ3v) is 5.87. The van der Waals surface area contributed by atoms with Gasteiger partial charge >= 0.3 is 0 Å². The Morgan fingerprint density at radius 2 is 1.76 bits per heavy atom. The second-order valence-electron chi connectivity index (χ2n) is 8.60. The number of aromatic nitrogens is 1. The zero-order valence-electron chi connectivity index (χ0n) is 22.2. The molecule has 206 valence electrons. The summed E-state index contributed by atoms with van der Waals surface area (Å²) < 4.78 is 2.50. The average molecular weight is 538 g/mol. The molecule has 0 unspecified atom stereocenters. The number of nitrogens with one attached hydrogen (secondary N) is 3. The second-order valence-corrected chi connectivity index (χ2v) is 9.14. The summed E-state index contributed by atoms with van der Waals surface area (Å²) in [6, 6.07) is 2.19. The van der Waals surface area contributed by atoms with Crippen molar-refractivity contribution in [3.8, 4) is 0 Å². The molecule has 3 N–H and O–H groups in total. The SMILES string of the molecule is C=[SH]NC(=O)C[C@@H](C(=O)NCCCN(C)C(=O)c1ncccc1C(=O)NCCN(C)C)N(C)C(=O)CC. The summed E-state index contributed by atoms with van der Waals surface area (Å²) in [6.45, 7) is 3.27. The van der Waals surface area contributed by atoms with Crippen LogP contribution in [0.4, 0.5) is 0 Å². The van der Waals surface area contributed by atoms with Crippen LogP contribution in [0, 0.1) is 0 Å². The number of nitrogens with zero attached hydrogens (tertiary/aromatic N) is 4. The van der Waals surface area contributed by atoms with Gasteiger partial charge in [0.2, 0.25) is 17.7 Å². The van der Waals surface area contributed by atoms with Crippen LogP contribution in [-0.2, 0) is 14.4 Å². The summed E-state index contributed by atoms with van der Waals surface area (Å²) in [4.78, 5) is 71.1. The summed E-state index contributed by atoms with van der Waals surface area (Å²) in [5, 5.41) is 5.52. The van der Waals surface area contributed by atoms with E-state index in [0.29, 0.717) is 31.0 Å².